The third-order valence-corrected chi connectivity index (χ3v) is 5.09. The molecule has 0 bridgehead atoms. The lowest BCUT2D eigenvalue weighted by molar-refractivity contribution is 0.0925. The van der Waals surface area contributed by atoms with Crippen molar-refractivity contribution in [2.45, 2.75) is 6.92 Å². The molecule has 0 N–H and O–H groups in total. The number of rotatable bonds is 2. The Morgan fingerprint density at radius 1 is 1.00 bits per heavy atom. The van der Waals surface area contributed by atoms with Gasteiger partial charge in [-0.3, -0.25) is 9.59 Å². The maximum absolute atomic E-state index is 14.6. The Morgan fingerprint density at radius 2 is 1.76 bits per heavy atom. The molecule has 0 saturated heterocycles. The molecular formula is C22H15FN4O2. The van der Waals surface area contributed by atoms with Crippen LogP contribution in [-0.2, 0) is 7.05 Å². The van der Waals surface area contributed by atoms with Gasteiger partial charge in [0.1, 0.15) is 11.5 Å². The van der Waals surface area contributed by atoms with Crippen molar-refractivity contribution in [3.63, 3.8) is 0 Å². The number of anilines is 1. The van der Waals surface area contributed by atoms with E-state index in [0.29, 0.717) is 22.3 Å². The summed E-state index contributed by atoms with van der Waals surface area (Å²) in [5.74, 6) is -1.80. The molecule has 0 spiro atoms. The van der Waals surface area contributed by atoms with Crippen molar-refractivity contribution >= 4 is 28.5 Å². The van der Waals surface area contributed by atoms with Crippen LogP contribution in [0.15, 0.2) is 54.7 Å². The first-order valence-electron chi connectivity index (χ1n) is 9.03. The molecule has 142 valence electrons. The van der Waals surface area contributed by atoms with Crippen molar-refractivity contribution in [1.82, 2.24) is 14.8 Å². The molecule has 0 unspecified atom stereocenters. The molecule has 1 aliphatic rings. The van der Waals surface area contributed by atoms with Gasteiger partial charge in [0.25, 0.3) is 11.8 Å². The molecular weight excluding hydrogens is 371 g/mol. The first-order valence-corrected chi connectivity index (χ1v) is 9.03. The number of carbonyl (C=O) groups excluding carboxylic acids is 2. The van der Waals surface area contributed by atoms with Gasteiger partial charge in [-0.2, -0.15) is 5.10 Å². The van der Waals surface area contributed by atoms with Gasteiger partial charge < -0.3 is 0 Å². The van der Waals surface area contributed by atoms with Crippen molar-refractivity contribution in [1.29, 1.82) is 0 Å². The van der Waals surface area contributed by atoms with Crippen LogP contribution < -0.4 is 4.90 Å². The summed E-state index contributed by atoms with van der Waals surface area (Å²) in [6.07, 6.45) is 1.36. The molecule has 6 nitrogen and oxygen atoms in total. The number of hydrogen-bond acceptors (Lipinski definition) is 4. The zero-order valence-electron chi connectivity index (χ0n) is 15.7. The number of hydrogen-bond donors (Lipinski definition) is 0. The first kappa shape index (κ1) is 17.2. The molecule has 0 radical (unpaired) electrons. The lowest BCUT2D eigenvalue weighted by atomic mass is 10.0. The predicted octanol–water partition coefficient (Wildman–Crippen LogP) is 3.88. The number of aryl methyl sites for hydroxylation is 2. The topological polar surface area (TPSA) is 68.1 Å². The van der Waals surface area contributed by atoms with E-state index in [1.54, 1.807) is 24.7 Å². The summed E-state index contributed by atoms with van der Waals surface area (Å²) in [6, 6.07) is 13.8. The number of benzene rings is 2. The molecule has 2 aromatic carbocycles. The summed E-state index contributed by atoms with van der Waals surface area (Å²) in [6.45, 7) is 1.74. The second-order valence-corrected chi connectivity index (χ2v) is 6.98. The number of halogens is 1. The van der Waals surface area contributed by atoms with E-state index in [9.17, 15) is 14.0 Å². The average molecular weight is 386 g/mol. The third kappa shape index (κ3) is 2.40. The highest BCUT2D eigenvalue weighted by Gasteiger charge is 2.41. The van der Waals surface area contributed by atoms with E-state index >= 15 is 0 Å². The van der Waals surface area contributed by atoms with Crippen LogP contribution in [0.1, 0.15) is 26.3 Å². The summed E-state index contributed by atoms with van der Waals surface area (Å²) < 4.78 is 16.1. The maximum atomic E-state index is 14.6. The lowest BCUT2D eigenvalue weighted by Gasteiger charge is -2.15. The van der Waals surface area contributed by atoms with Crippen molar-refractivity contribution in [3.05, 3.63) is 77.2 Å². The average Bonchev–Trinajstić information content (AvgIpc) is 3.18. The number of nitrogens with zero attached hydrogens (tertiary/aromatic N) is 4. The van der Waals surface area contributed by atoms with Gasteiger partial charge in [-0.25, -0.2) is 19.0 Å². The fourth-order valence-electron chi connectivity index (χ4n) is 3.74. The van der Waals surface area contributed by atoms with Gasteiger partial charge in [0, 0.05) is 18.8 Å². The molecule has 29 heavy (non-hydrogen) atoms. The summed E-state index contributed by atoms with van der Waals surface area (Å²) in [7, 11) is 1.73. The first-order chi connectivity index (χ1) is 14.0. The van der Waals surface area contributed by atoms with E-state index in [-0.39, 0.29) is 16.8 Å². The van der Waals surface area contributed by atoms with Crippen LogP contribution in [0, 0.1) is 12.7 Å². The Labute approximate surface area is 165 Å². The van der Waals surface area contributed by atoms with Gasteiger partial charge in [-0.15, -0.1) is 0 Å². The normalized spacial score (nSPS) is 13.4. The molecule has 2 aromatic heterocycles. The fourth-order valence-corrected chi connectivity index (χ4v) is 3.74. The number of amides is 2. The molecule has 7 heteroatoms. The van der Waals surface area contributed by atoms with Crippen molar-refractivity contribution in [2.24, 2.45) is 7.05 Å². The van der Waals surface area contributed by atoms with Crippen LogP contribution >= 0.6 is 0 Å². The number of aromatic nitrogens is 3. The van der Waals surface area contributed by atoms with E-state index in [0.717, 1.165) is 10.5 Å². The van der Waals surface area contributed by atoms with E-state index < -0.39 is 17.6 Å². The van der Waals surface area contributed by atoms with Gasteiger partial charge >= 0.3 is 0 Å². The summed E-state index contributed by atoms with van der Waals surface area (Å²) in [5, 5.41) is 5.01. The third-order valence-electron chi connectivity index (χ3n) is 5.09. The second-order valence-electron chi connectivity index (χ2n) is 6.98. The number of carbonyl (C=O) groups is 2. The minimum Gasteiger partial charge on any atom is -0.268 e. The molecule has 1 aliphatic heterocycles. The Hall–Kier alpha value is -3.87. The van der Waals surface area contributed by atoms with Gasteiger partial charge in [0.05, 0.1) is 22.2 Å². The number of fused-ring (bicyclic) bond motifs is 3. The van der Waals surface area contributed by atoms with Crippen LogP contribution in [0.5, 0.6) is 0 Å². The molecule has 0 fully saturated rings. The largest absolute Gasteiger partial charge is 0.268 e. The van der Waals surface area contributed by atoms with Crippen molar-refractivity contribution in [3.8, 4) is 11.3 Å². The SMILES string of the molecule is Cc1ccc(N2C(=O)c3cnc4c(c(-c5ccccc5)nn4C)c3C2=O)c(F)c1. The molecule has 0 saturated carbocycles. The fraction of sp³-hybridized carbons (Fsp3) is 0.0909. The minimum absolute atomic E-state index is 0.0694. The Morgan fingerprint density at radius 3 is 2.48 bits per heavy atom. The smallest absolute Gasteiger partial charge is 0.267 e. The number of pyridine rings is 1. The summed E-state index contributed by atoms with van der Waals surface area (Å²) in [5.41, 5.74) is 2.81. The molecule has 5 rings (SSSR count). The van der Waals surface area contributed by atoms with Crippen molar-refractivity contribution < 1.29 is 14.0 Å². The minimum atomic E-state index is -0.627. The summed E-state index contributed by atoms with van der Waals surface area (Å²) >= 11 is 0. The number of imide groups is 1. The Balaban J connectivity index is 1.77. The standard InChI is InChI=1S/C22H15FN4O2/c1-12-8-9-16(15(23)10-12)27-21(28)14-11-24-20-18(17(14)22(27)29)19(25-26(20)2)13-6-4-3-5-7-13/h3-11H,1-2H3. The van der Waals surface area contributed by atoms with Gasteiger partial charge in [-0.05, 0) is 24.6 Å². The zero-order chi connectivity index (χ0) is 20.3. The summed E-state index contributed by atoms with van der Waals surface area (Å²) in [4.78, 5) is 31.6. The molecule has 2 amide bonds. The molecule has 4 aromatic rings. The maximum Gasteiger partial charge on any atom is 0.267 e. The predicted molar refractivity (Wildman–Crippen MR) is 106 cm³/mol. The molecule has 0 aliphatic carbocycles. The van der Waals surface area contributed by atoms with Crippen molar-refractivity contribution in [2.75, 3.05) is 4.90 Å². The monoisotopic (exact) mass is 386 g/mol. The lowest BCUT2D eigenvalue weighted by Crippen LogP contribution is -2.30. The van der Waals surface area contributed by atoms with Gasteiger partial charge in [0.15, 0.2) is 5.65 Å². The van der Waals surface area contributed by atoms with Crippen LogP contribution in [0.25, 0.3) is 22.3 Å². The zero-order valence-corrected chi connectivity index (χ0v) is 15.7. The van der Waals surface area contributed by atoms with Gasteiger partial charge in [-0.1, -0.05) is 36.4 Å². The van der Waals surface area contributed by atoms with E-state index in [2.05, 4.69) is 10.1 Å². The van der Waals surface area contributed by atoms with Gasteiger partial charge in [0.2, 0.25) is 0 Å². The van der Waals surface area contributed by atoms with E-state index in [1.807, 2.05) is 30.3 Å². The van der Waals surface area contributed by atoms with Crippen LogP contribution in [0.3, 0.4) is 0 Å². The molecule has 0 atom stereocenters. The van der Waals surface area contributed by atoms with Crippen LogP contribution in [-0.4, -0.2) is 26.6 Å². The highest BCUT2D eigenvalue weighted by atomic mass is 19.1. The molecule has 3 heterocycles. The van der Waals surface area contributed by atoms with E-state index in [4.69, 9.17) is 0 Å². The highest BCUT2D eigenvalue weighted by Crippen LogP contribution is 2.37. The van der Waals surface area contributed by atoms with E-state index in [1.165, 1.54) is 18.3 Å². The Bertz CT molecular complexity index is 1330. The second kappa shape index (κ2) is 6.07. The Kier molecular flexibility index (Phi) is 3.61. The van der Waals surface area contributed by atoms with Crippen LogP contribution in [0.2, 0.25) is 0 Å². The van der Waals surface area contributed by atoms with Crippen LogP contribution in [0.4, 0.5) is 10.1 Å². The quantitative estimate of drug-likeness (QED) is 0.490. The highest BCUT2D eigenvalue weighted by molar-refractivity contribution is 6.38.